The molecule has 0 aliphatic heterocycles. The first kappa shape index (κ1) is 14.1. The van der Waals surface area contributed by atoms with Crippen LogP contribution < -0.4 is 4.74 Å². The number of benzene rings is 1. The van der Waals surface area contributed by atoms with Gasteiger partial charge >= 0.3 is 12.6 Å². The van der Waals surface area contributed by atoms with Crippen LogP contribution in [-0.2, 0) is 16.0 Å². The van der Waals surface area contributed by atoms with E-state index in [0.717, 1.165) is 9.13 Å². The fraction of sp³-hybridized carbons (Fsp3) is 0.364. The molecule has 0 unspecified atom stereocenters. The number of aryl methyl sites for hydroxylation is 1. The average Bonchev–Trinajstić information content (AvgIpc) is 2.24. The van der Waals surface area contributed by atoms with Gasteiger partial charge in [0.25, 0.3) is 0 Å². The summed E-state index contributed by atoms with van der Waals surface area (Å²) in [6.45, 7) is -2.85. The van der Waals surface area contributed by atoms with Gasteiger partial charge in [0.05, 0.1) is 7.11 Å². The highest BCUT2D eigenvalue weighted by Gasteiger charge is 2.08. The predicted octanol–water partition coefficient (Wildman–Crippen LogP) is 3.00. The van der Waals surface area contributed by atoms with Crippen LogP contribution in [-0.4, -0.2) is 19.7 Å². The largest absolute Gasteiger partial charge is 0.469 e. The average molecular weight is 356 g/mol. The van der Waals surface area contributed by atoms with Crippen molar-refractivity contribution in [2.75, 3.05) is 7.11 Å². The Morgan fingerprint density at radius 2 is 2.12 bits per heavy atom. The molecule has 0 spiro atoms. The quantitative estimate of drug-likeness (QED) is 0.601. The molecule has 0 saturated heterocycles. The molecule has 0 N–H and O–H groups in total. The minimum absolute atomic E-state index is 0.103. The summed E-state index contributed by atoms with van der Waals surface area (Å²) >= 11 is 2.00. The second kappa shape index (κ2) is 6.73. The van der Waals surface area contributed by atoms with Gasteiger partial charge in [-0.25, -0.2) is 0 Å². The number of ether oxygens (including phenoxy) is 2. The van der Waals surface area contributed by atoms with Gasteiger partial charge < -0.3 is 9.47 Å². The fourth-order valence-electron chi connectivity index (χ4n) is 1.28. The molecular formula is C11H11F2IO3. The summed E-state index contributed by atoms with van der Waals surface area (Å²) in [5.74, 6) is -0.230. The van der Waals surface area contributed by atoms with Crippen LogP contribution in [0.2, 0.25) is 0 Å². The number of carbonyl (C=O) groups is 1. The Hall–Kier alpha value is -0.920. The van der Waals surface area contributed by atoms with Crippen molar-refractivity contribution in [2.45, 2.75) is 19.5 Å². The lowest BCUT2D eigenvalue weighted by Gasteiger charge is -2.07. The topological polar surface area (TPSA) is 35.5 Å². The number of alkyl halides is 2. The van der Waals surface area contributed by atoms with Gasteiger partial charge in [-0.05, 0) is 52.8 Å². The zero-order valence-corrected chi connectivity index (χ0v) is 11.2. The van der Waals surface area contributed by atoms with E-state index in [4.69, 9.17) is 0 Å². The van der Waals surface area contributed by atoms with E-state index in [-0.39, 0.29) is 18.1 Å². The normalized spacial score (nSPS) is 10.4. The molecule has 0 saturated carbocycles. The minimum atomic E-state index is -2.85. The van der Waals surface area contributed by atoms with Gasteiger partial charge in [0, 0.05) is 9.99 Å². The zero-order chi connectivity index (χ0) is 12.8. The van der Waals surface area contributed by atoms with Gasteiger partial charge in [-0.15, -0.1) is 0 Å². The maximum atomic E-state index is 12.1. The van der Waals surface area contributed by atoms with E-state index in [0.29, 0.717) is 6.42 Å². The summed E-state index contributed by atoms with van der Waals surface area (Å²) in [6.07, 6.45) is 0.647. The number of esters is 1. The van der Waals surface area contributed by atoms with Crippen LogP contribution in [0.5, 0.6) is 5.75 Å². The highest BCUT2D eigenvalue weighted by atomic mass is 127. The molecule has 0 fully saturated rings. The number of methoxy groups -OCH3 is 1. The van der Waals surface area contributed by atoms with Crippen molar-refractivity contribution in [2.24, 2.45) is 0 Å². The molecule has 0 amide bonds. The van der Waals surface area contributed by atoms with E-state index >= 15 is 0 Å². The van der Waals surface area contributed by atoms with Gasteiger partial charge in [0.1, 0.15) is 5.75 Å². The minimum Gasteiger partial charge on any atom is -0.469 e. The standard InChI is InChI=1S/C11H11F2IO3/c1-16-10(15)3-2-7-4-8(14)6-9(5-7)17-11(12)13/h4-6,11H,2-3H2,1H3. The molecule has 0 radical (unpaired) electrons. The number of rotatable bonds is 5. The van der Waals surface area contributed by atoms with Crippen molar-refractivity contribution in [3.8, 4) is 5.75 Å². The molecule has 17 heavy (non-hydrogen) atoms. The third-order valence-corrected chi connectivity index (χ3v) is 2.62. The summed E-state index contributed by atoms with van der Waals surface area (Å²) in [5.41, 5.74) is 0.762. The number of halogens is 3. The monoisotopic (exact) mass is 356 g/mol. The van der Waals surface area contributed by atoms with Crippen molar-refractivity contribution in [1.82, 2.24) is 0 Å². The molecule has 1 rings (SSSR count). The van der Waals surface area contributed by atoms with Crippen LogP contribution >= 0.6 is 22.6 Å². The molecule has 0 heterocycles. The Labute approximate surface area is 111 Å². The Morgan fingerprint density at radius 1 is 1.41 bits per heavy atom. The lowest BCUT2D eigenvalue weighted by molar-refractivity contribution is -0.140. The first-order chi connectivity index (χ1) is 8.01. The highest BCUT2D eigenvalue weighted by Crippen LogP contribution is 2.21. The van der Waals surface area contributed by atoms with E-state index in [2.05, 4.69) is 9.47 Å². The molecule has 0 bridgehead atoms. The molecule has 3 nitrogen and oxygen atoms in total. The number of hydrogen-bond donors (Lipinski definition) is 0. The van der Waals surface area contributed by atoms with Crippen LogP contribution in [0.3, 0.4) is 0 Å². The van der Waals surface area contributed by atoms with Gasteiger partial charge in [-0.2, -0.15) is 8.78 Å². The van der Waals surface area contributed by atoms with Crippen LogP contribution in [0, 0.1) is 3.57 Å². The molecular weight excluding hydrogens is 345 g/mol. The molecule has 6 heteroatoms. The van der Waals surface area contributed by atoms with Gasteiger partial charge in [0.2, 0.25) is 0 Å². The Morgan fingerprint density at radius 3 is 2.71 bits per heavy atom. The van der Waals surface area contributed by atoms with Crippen molar-refractivity contribution in [3.63, 3.8) is 0 Å². The van der Waals surface area contributed by atoms with Crippen LogP contribution in [0.4, 0.5) is 8.78 Å². The number of carbonyl (C=O) groups excluding carboxylic acids is 1. The maximum absolute atomic E-state index is 12.1. The predicted molar refractivity (Wildman–Crippen MR) is 66.1 cm³/mol. The lowest BCUT2D eigenvalue weighted by Crippen LogP contribution is -2.04. The molecule has 1 aromatic rings. The van der Waals surface area contributed by atoms with Gasteiger partial charge in [-0.3, -0.25) is 4.79 Å². The third kappa shape index (κ3) is 5.29. The summed E-state index contributed by atoms with van der Waals surface area (Å²) < 4.78 is 33.7. The SMILES string of the molecule is COC(=O)CCc1cc(I)cc(OC(F)F)c1. The Kier molecular flexibility index (Phi) is 5.60. The Bertz CT molecular complexity index is 396. The van der Waals surface area contributed by atoms with E-state index in [1.807, 2.05) is 28.7 Å². The van der Waals surface area contributed by atoms with Crippen molar-refractivity contribution in [3.05, 3.63) is 27.3 Å². The van der Waals surface area contributed by atoms with Crippen molar-refractivity contribution >= 4 is 28.6 Å². The summed E-state index contributed by atoms with van der Waals surface area (Å²) in [4.78, 5) is 11.0. The highest BCUT2D eigenvalue weighted by molar-refractivity contribution is 14.1. The Balaban J connectivity index is 2.71. The second-order valence-corrected chi connectivity index (χ2v) is 4.50. The van der Waals surface area contributed by atoms with Crippen LogP contribution in [0.15, 0.2) is 18.2 Å². The maximum Gasteiger partial charge on any atom is 0.387 e. The summed E-state index contributed by atoms with van der Waals surface area (Å²) in [6, 6.07) is 4.81. The lowest BCUT2D eigenvalue weighted by atomic mass is 10.1. The van der Waals surface area contributed by atoms with Crippen molar-refractivity contribution in [1.29, 1.82) is 0 Å². The fourth-order valence-corrected chi connectivity index (χ4v) is 1.99. The molecule has 0 aliphatic rings. The van der Waals surface area contributed by atoms with E-state index < -0.39 is 6.61 Å². The van der Waals surface area contributed by atoms with Crippen molar-refractivity contribution < 1.29 is 23.0 Å². The third-order valence-electron chi connectivity index (χ3n) is 2.00. The molecule has 1 aromatic carbocycles. The molecule has 0 aromatic heterocycles. The van der Waals surface area contributed by atoms with E-state index in [1.165, 1.54) is 19.2 Å². The zero-order valence-electron chi connectivity index (χ0n) is 9.08. The molecule has 0 atom stereocenters. The summed E-state index contributed by atoms with van der Waals surface area (Å²) in [7, 11) is 1.31. The van der Waals surface area contributed by atoms with E-state index in [1.54, 1.807) is 0 Å². The number of hydrogen-bond acceptors (Lipinski definition) is 3. The molecule has 94 valence electrons. The van der Waals surface area contributed by atoms with Gasteiger partial charge in [-0.1, -0.05) is 0 Å². The first-order valence-corrected chi connectivity index (χ1v) is 5.90. The van der Waals surface area contributed by atoms with E-state index in [9.17, 15) is 13.6 Å². The molecule has 0 aliphatic carbocycles. The summed E-state index contributed by atoms with van der Waals surface area (Å²) in [5, 5.41) is 0. The van der Waals surface area contributed by atoms with Crippen LogP contribution in [0.1, 0.15) is 12.0 Å². The first-order valence-electron chi connectivity index (χ1n) is 4.82. The second-order valence-electron chi connectivity index (χ2n) is 3.25. The van der Waals surface area contributed by atoms with Gasteiger partial charge in [0.15, 0.2) is 0 Å². The van der Waals surface area contributed by atoms with Crippen LogP contribution in [0.25, 0.3) is 0 Å². The smallest absolute Gasteiger partial charge is 0.387 e.